The summed E-state index contributed by atoms with van der Waals surface area (Å²) in [5.74, 6) is 1.37. The lowest BCUT2D eigenvalue weighted by molar-refractivity contribution is 0.266. The van der Waals surface area contributed by atoms with E-state index >= 15 is 0 Å². The molecule has 0 heterocycles. The molecule has 1 aliphatic rings. The van der Waals surface area contributed by atoms with Crippen LogP contribution in [0, 0.1) is 17.7 Å². The van der Waals surface area contributed by atoms with Gasteiger partial charge in [0.1, 0.15) is 5.82 Å². The van der Waals surface area contributed by atoms with Crippen molar-refractivity contribution in [2.24, 2.45) is 11.8 Å². The van der Waals surface area contributed by atoms with Gasteiger partial charge in [-0.1, -0.05) is 25.4 Å². The minimum atomic E-state index is -0.217. The highest BCUT2D eigenvalue weighted by Crippen LogP contribution is 2.32. The van der Waals surface area contributed by atoms with E-state index in [2.05, 4.69) is 19.2 Å². The number of hydrogen-bond acceptors (Lipinski definition) is 1. The summed E-state index contributed by atoms with van der Waals surface area (Å²) in [7, 11) is 0. The number of hydrogen-bond donors (Lipinski definition) is 1. The molecule has 0 spiro atoms. The van der Waals surface area contributed by atoms with Crippen LogP contribution >= 0.6 is 11.6 Å². The fourth-order valence-corrected chi connectivity index (χ4v) is 2.93. The number of halogens is 2. The molecule has 1 nitrogen and oxygen atoms in total. The monoisotopic (exact) mass is 269 g/mol. The molecule has 0 unspecified atom stereocenters. The van der Waals surface area contributed by atoms with Crippen LogP contribution in [0.2, 0.25) is 5.02 Å². The molecule has 1 fully saturated rings. The quantitative estimate of drug-likeness (QED) is 0.804. The Morgan fingerprint density at radius 2 is 1.89 bits per heavy atom. The summed E-state index contributed by atoms with van der Waals surface area (Å²) < 4.78 is 13.6. The van der Waals surface area contributed by atoms with Crippen LogP contribution in [0.5, 0.6) is 0 Å². The van der Waals surface area contributed by atoms with E-state index in [1.807, 2.05) is 0 Å². The summed E-state index contributed by atoms with van der Waals surface area (Å²) in [6.45, 7) is 4.57. The predicted octanol–water partition coefficient (Wildman–Crippen LogP) is 5.11. The SMILES string of the molecule is CC(C)C1CCC(Nc2cc(Cl)ccc2F)CC1. The molecule has 3 heteroatoms. The van der Waals surface area contributed by atoms with E-state index in [0.29, 0.717) is 16.8 Å². The zero-order chi connectivity index (χ0) is 13.1. The van der Waals surface area contributed by atoms with Gasteiger partial charge in [0.15, 0.2) is 0 Å². The smallest absolute Gasteiger partial charge is 0.146 e. The van der Waals surface area contributed by atoms with Crippen LogP contribution in [-0.2, 0) is 0 Å². The van der Waals surface area contributed by atoms with Gasteiger partial charge >= 0.3 is 0 Å². The standard InChI is InChI=1S/C15H21ClFN/c1-10(2)11-3-6-13(7-4-11)18-15-9-12(16)5-8-14(15)17/h5,8-11,13,18H,3-4,6-7H2,1-2H3. The van der Waals surface area contributed by atoms with E-state index in [1.165, 1.54) is 18.9 Å². The molecule has 1 aromatic rings. The molecule has 0 radical (unpaired) electrons. The zero-order valence-corrected chi connectivity index (χ0v) is 11.8. The van der Waals surface area contributed by atoms with E-state index in [-0.39, 0.29) is 5.82 Å². The molecule has 0 aliphatic heterocycles. The maximum absolute atomic E-state index is 13.6. The highest BCUT2D eigenvalue weighted by Gasteiger charge is 2.23. The Morgan fingerprint density at radius 3 is 2.50 bits per heavy atom. The third-order valence-electron chi connectivity index (χ3n) is 4.00. The highest BCUT2D eigenvalue weighted by atomic mass is 35.5. The molecule has 0 atom stereocenters. The molecule has 18 heavy (non-hydrogen) atoms. The molecular formula is C15H21ClFN. The number of anilines is 1. The lowest BCUT2D eigenvalue weighted by atomic mass is 9.79. The molecule has 1 saturated carbocycles. The second-order valence-corrected chi connectivity index (χ2v) is 6.06. The Hall–Kier alpha value is -0.760. The summed E-state index contributed by atoms with van der Waals surface area (Å²) in [5, 5.41) is 3.87. The van der Waals surface area contributed by atoms with Crippen LogP contribution in [0.1, 0.15) is 39.5 Å². The first-order valence-corrected chi connectivity index (χ1v) is 7.15. The van der Waals surface area contributed by atoms with Crippen LogP contribution < -0.4 is 5.32 Å². The zero-order valence-electron chi connectivity index (χ0n) is 11.0. The Morgan fingerprint density at radius 1 is 1.22 bits per heavy atom. The van der Waals surface area contributed by atoms with E-state index in [4.69, 9.17) is 11.6 Å². The van der Waals surface area contributed by atoms with Gasteiger partial charge in [0.25, 0.3) is 0 Å². The van der Waals surface area contributed by atoms with E-state index < -0.39 is 0 Å². The van der Waals surface area contributed by atoms with Crippen molar-refractivity contribution in [2.75, 3.05) is 5.32 Å². The molecular weight excluding hydrogens is 249 g/mol. The minimum Gasteiger partial charge on any atom is -0.380 e. The van der Waals surface area contributed by atoms with Crippen LogP contribution in [0.25, 0.3) is 0 Å². The van der Waals surface area contributed by atoms with Gasteiger partial charge in [-0.3, -0.25) is 0 Å². The number of rotatable bonds is 3. The number of nitrogens with one attached hydrogen (secondary N) is 1. The van der Waals surface area contributed by atoms with Crippen LogP contribution in [0.3, 0.4) is 0 Å². The van der Waals surface area contributed by atoms with Crippen molar-refractivity contribution in [3.63, 3.8) is 0 Å². The average Bonchev–Trinajstić information content (AvgIpc) is 2.34. The van der Waals surface area contributed by atoms with Crippen molar-refractivity contribution in [2.45, 2.75) is 45.6 Å². The van der Waals surface area contributed by atoms with Gasteiger partial charge in [-0.25, -0.2) is 4.39 Å². The van der Waals surface area contributed by atoms with Crippen molar-refractivity contribution < 1.29 is 4.39 Å². The van der Waals surface area contributed by atoms with Crippen molar-refractivity contribution in [3.8, 4) is 0 Å². The summed E-state index contributed by atoms with van der Waals surface area (Å²) in [5.41, 5.74) is 0.537. The van der Waals surface area contributed by atoms with Crippen LogP contribution in [-0.4, -0.2) is 6.04 Å². The first kappa shape index (κ1) is 13.7. The van der Waals surface area contributed by atoms with Crippen molar-refractivity contribution in [1.82, 2.24) is 0 Å². The third kappa shape index (κ3) is 3.38. The van der Waals surface area contributed by atoms with E-state index in [0.717, 1.165) is 24.7 Å². The normalized spacial score (nSPS) is 24.3. The molecule has 1 N–H and O–H groups in total. The van der Waals surface area contributed by atoms with Gasteiger partial charge < -0.3 is 5.32 Å². The Kier molecular flexibility index (Phi) is 4.50. The van der Waals surface area contributed by atoms with Gasteiger partial charge in [-0.15, -0.1) is 0 Å². The van der Waals surface area contributed by atoms with Gasteiger partial charge in [-0.2, -0.15) is 0 Å². The van der Waals surface area contributed by atoms with Gasteiger partial charge in [0.2, 0.25) is 0 Å². The van der Waals surface area contributed by atoms with Gasteiger partial charge in [0, 0.05) is 11.1 Å². The maximum atomic E-state index is 13.6. The summed E-state index contributed by atoms with van der Waals surface area (Å²) >= 11 is 5.89. The average molecular weight is 270 g/mol. The van der Waals surface area contributed by atoms with E-state index in [1.54, 1.807) is 12.1 Å². The Balaban J connectivity index is 1.93. The van der Waals surface area contributed by atoms with E-state index in [9.17, 15) is 4.39 Å². The van der Waals surface area contributed by atoms with Crippen molar-refractivity contribution in [3.05, 3.63) is 29.0 Å². The molecule has 0 bridgehead atoms. The molecule has 100 valence electrons. The topological polar surface area (TPSA) is 12.0 Å². The largest absolute Gasteiger partial charge is 0.380 e. The first-order chi connectivity index (χ1) is 8.56. The molecule has 1 aliphatic carbocycles. The minimum absolute atomic E-state index is 0.217. The van der Waals surface area contributed by atoms with Crippen LogP contribution in [0.4, 0.5) is 10.1 Å². The molecule has 1 aromatic carbocycles. The van der Waals surface area contributed by atoms with Crippen LogP contribution in [0.15, 0.2) is 18.2 Å². The van der Waals surface area contributed by atoms with Crippen molar-refractivity contribution >= 4 is 17.3 Å². The Labute approximate surface area is 114 Å². The molecule has 0 amide bonds. The second-order valence-electron chi connectivity index (χ2n) is 5.62. The van der Waals surface area contributed by atoms with Gasteiger partial charge in [0.05, 0.1) is 5.69 Å². The molecule has 0 aromatic heterocycles. The molecule has 2 rings (SSSR count). The summed E-state index contributed by atoms with van der Waals surface area (Å²) in [6, 6.07) is 5.06. The fraction of sp³-hybridized carbons (Fsp3) is 0.600. The third-order valence-corrected chi connectivity index (χ3v) is 4.24. The summed E-state index contributed by atoms with van der Waals surface area (Å²) in [4.78, 5) is 0. The lowest BCUT2D eigenvalue weighted by Crippen LogP contribution is -2.28. The predicted molar refractivity (Wildman–Crippen MR) is 75.6 cm³/mol. The second kappa shape index (κ2) is 5.92. The summed E-state index contributed by atoms with van der Waals surface area (Å²) in [6.07, 6.45) is 4.71. The lowest BCUT2D eigenvalue weighted by Gasteiger charge is -2.32. The fourth-order valence-electron chi connectivity index (χ4n) is 2.76. The van der Waals surface area contributed by atoms with Gasteiger partial charge in [-0.05, 0) is 55.7 Å². The number of benzene rings is 1. The maximum Gasteiger partial charge on any atom is 0.146 e. The molecule has 0 saturated heterocycles. The highest BCUT2D eigenvalue weighted by molar-refractivity contribution is 6.30. The van der Waals surface area contributed by atoms with Crippen molar-refractivity contribution in [1.29, 1.82) is 0 Å². The Bertz CT molecular complexity index is 397. The first-order valence-electron chi connectivity index (χ1n) is 6.78.